The average molecular weight is 492 g/mol. The summed E-state index contributed by atoms with van der Waals surface area (Å²) in [5.74, 6) is -5.49. The quantitative estimate of drug-likeness (QED) is 0.304. The van der Waals surface area contributed by atoms with E-state index in [0.717, 1.165) is 0 Å². The Bertz CT molecular complexity index is 1250. The van der Waals surface area contributed by atoms with Crippen molar-refractivity contribution in [2.75, 3.05) is 0 Å². The van der Waals surface area contributed by atoms with Gasteiger partial charge in [-0.1, -0.05) is 35.4 Å². The van der Waals surface area contributed by atoms with Gasteiger partial charge in [0.25, 0.3) is 6.33 Å². The Labute approximate surface area is 207 Å². The summed E-state index contributed by atoms with van der Waals surface area (Å²) in [6.07, 6.45) is 6.46. The molecule has 2 aliphatic heterocycles. The molecule has 2 aliphatic rings. The molecule has 5 rings (SSSR count). The van der Waals surface area contributed by atoms with Gasteiger partial charge in [0.2, 0.25) is 0 Å². The number of hydrogen-bond acceptors (Lipinski definition) is 8. The van der Waals surface area contributed by atoms with Crippen molar-refractivity contribution in [2.45, 2.75) is 41.5 Å². The van der Waals surface area contributed by atoms with Crippen molar-refractivity contribution >= 4 is 30.8 Å². The molecule has 11 heteroatoms. The highest BCUT2D eigenvalue weighted by Crippen LogP contribution is 2.24. The normalized spacial score (nSPS) is 15.7. The van der Waals surface area contributed by atoms with Gasteiger partial charge in [-0.15, -0.1) is 0 Å². The maximum absolute atomic E-state index is 10.5. The van der Waals surface area contributed by atoms with Crippen LogP contribution in [-0.2, 0) is 37.8 Å². The van der Waals surface area contributed by atoms with E-state index >= 15 is 0 Å². The van der Waals surface area contributed by atoms with Gasteiger partial charge in [0.05, 0.1) is 0 Å². The highest BCUT2D eigenvalue weighted by Gasteiger charge is 2.60. The van der Waals surface area contributed by atoms with E-state index in [1.807, 2.05) is 0 Å². The number of carbonyl (C=O) groups is 4. The molecule has 0 radical (unpaired) electrons. The van der Waals surface area contributed by atoms with Crippen molar-refractivity contribution in [3.8, 4) is 11.4 Å². The van der Waals surface area contributed by atoms with Gasteiger partial charge >= 0.3 is 30.8 Å². The number of hydrogen-bond donors (Lipinski definition) is 0. The van der Waals surface area contributed by atoms with Crippen LogP contribution in [0, 0.1) is 41.5 Å². The van der Waals surface area contributed by atoms with Crippen LogP contribution in [0.25, 0.3) is 11.4 Å². The summed E-state index contributed by atoms with van der Waals surface area (Å²) >= 11 is 0. The molecule has 0 amide bonds. The van der Waals surface area contributed by atoms with E-state index in [1.54, 1.807) is 0 Å². The highest BCUT2D eigenvalue weighted by atomic mass is 17.0. The van der Waals surface area contributed by atoms with Crippen LogP contribution in [0.4, 0.5) is 0 Å². The lowest BCUT2D eigenvalue weighted by atomic mass is 10.0. The smallest absolute Gasteiger partial charge is 0.576 e. The number of aryl methyl sites for hydroxylation is 6. The Morgan fingerprint density at radius 2 is 1.03 bits per heavy atom. The molecule has 1 aromatic heterocycles. The molecule has 186 valence electrons. The molecule has 0 saturated carbocycles. The molecule has 36 heavy (non-hydrogen) atoms. The molecule has 0 atom stereocenters. The van der Waals surface area contributed by atoms with Crippen LogP contribution in [0.3, 0.4) is 0 Å². The zero-order chi connectivity index (χ0) is 26.4. The molecule has 3 heterocycles. The maximum atomic E-state index is 10.5. The maximum Gasteiger partial charge on any atom is 0.786 e. The molecule has 2 aromatic carbocycles. The summed E-state index contributed by atoms with van der Waals surface area (Å²) in [7, 11) is 0. The topological polar surface area (TPSA) is 114 Å². The third-order valence-electron chi connectivity index (χ3n) is 5.76. The molecule has 0 unspecified atom stereocenters. The van der Waals surface area contributed by atoms with Gasteiger partial charge in [-0.25, -0.2) is 28.3 Å². The SMILES string of the molecule is Cc1cc(C)c(-n2cc[n+](-c3c(C)cc(C)cc3C)c2)c(C)c1.O=C1O[B-]2(OC1=O)OC(=O)C(=O)O2. The number of nitrogens with zero attached hydrogens (tertiary/aromatic N) is 2. The fraction of sp³-hybridized carbons (Fsp3) is 0.240. The Morgan fingerprint density at radius 1 is 0.639 bits per heavy atom. The second-order valence-corrected chi connectivity index (χ2v) is 8.92. The van der Waals surface area contributed by atoms with E-state index in [9.17, 15) is 19.2 Å². The van der Waals surface area contributed by atoms with Crippen molar-refractivity contribution in [3.05, 3.63) is 76.4 Å². The van der Waals surface area contributed by atoms with Crippen LogP contribution in [0.5, 0.6) is 0 Å². The third kappa shape index (κ3) is 4.59. The second-order valence-electron chi connectivity index (χ2n) is 8.92. The van der Waals surface area contributed by atoms with E-state index in [2.05, 4.69) is 112 Å². The van der Waals surface area contributed by atoms with E-state index in [4.69, 9.17) is 0 Å². The number of rotatable bonds is 2. The number of carbonyl (C=O) groups excluding carboxylic acids is 4. The molecule has 0 aliphatic carbocycles. The Hall–Kier alpha value is -4.41. The number of benzene rings is 2. The lowest BCUT2D eigenvalue weighted by molar-refractivity contribution is -0.595. The summed E-state index contributed by atoms with van der Waals surface area (Å²) in [4.78, 5) is 41.9. The molecule has 2 saturated heterocycles. The third-order valence-corrected chi connectivity index (χ3v) is 5.76. The number of aromatic nitrogens is 2. The first kappa shape index (κ1) is 24.7. The highest BCUT2D eigenvalue weighted by molar-refractivity contribution is 6.73. The predicted molar refractivity (Wildman–Crippen MR) is 126 cm³/mol. The van der Waals surface area contributed by atoms with Crippen molar-refractivity contribution in [2.24, 2.45) is 0 Å². The first-order valence-electron chi connectivity index (χ1n) is 11.2. The van der Waals surface area contributed by atoms with Crippen molar-refractivity contribution in [1.82, 2.24) is 4.57 Å². The number of imidazole rings is 1. The van der Waals surface area contributed by atoms with Crippen molar-refractivity contribution in [1.29, 1.82) is 0 Å². The minimum atomic E-state index is -3.30. The van der Waals surface area contributed by atoms with Crippen molar-refractivity contribution in [3.63, 3.8) is 0 Å². The van der Waals surface area contributed by atoms with Gasteiger partial charge in [0, 0.05) is 0 Å². The summed E-state index contributed by atoms with van der Waals surface area (Å²) < 4.78 is 21.0. The Kier molecular flexibility index (Phi) is 6.17. The molecule has 3 aromatic rings. The summed E-state index contributed by atoms with van der Waals surface area (Å²) in [6.45, 7) is 9.74. The van der Waals surface area contributed by atoms with Crippen LogP contribution in [-0.4, -0.2) is 35.4 Å². The predicted octanol–water partition coefficient (Wildman–Crippen LogP) is 2.23. The Morgan fingerprint density at radius 3 is 1.44 bits per heavy atom. The molecule has 10 nitrogen and oxygen atoms in total. The van der Waals surface area contributed by atoms with Crippen LogP contribution in [0.15, 0.2) is 43.0 Å². The fourth-order valence-electron chi connectivity index (χ4n) is 4.64. The largest absolute Gasteiger partial charge is 0.786 e. The minimum absolute atomic E-state index is 1.27. The van der Waals surface area contributed by atoms with Crippen LogP contribution in [0.1, 0.15) is 33.4 Å². The first-order chi connectivity index (χ1) is 16.9. The van der Waals surface area contributed by atoms with Crippen molar-refractivity contribution < 1.29 is 42.4 Å². The van der Waals surface area contributed by atoms with Crippen LogP contribution < -0.4 is 4.57 Å². The lowest BCUT2D eigenvalue weighted by Gasteiger charge is -2.21. The van der Waals surface area contributed by atoms with Gasteiger partial charge in [0.15, 0.2) is 0 Å². The lowest BCUT2D eigenvalue weighted by Crippen LogP contribution is -2.40. The average Bonchev–Trinajstić information content (AvgIpc) is 3.39. The second kappa shape index (κ2) is 8.99. The summed E-state index contributed by atoms with van der Waals surface area (Å²) in [5.41, 5.74) is 10.4. The van der Waals surface area contributed by atoms with Gasteiger partial charge in [-0.05, 0) is 63.8 Å². The van der Waals surface area contributed by atoms with E-state index in [1.165, 1.54) is 44.8 Å². The monoisotopic (exact) mass is 492 g/mol. The van der Waals surface area contributed by atoms with Gasteiger partial charge in [-0.2, -0.15) is 0 Å². The molecular formula is C25H25BN2O8. The standard InChI is InChI=1S/C21H25N2.C4BO8/c1-14-9-16(3)20(17(4)10-14)22-7-8-23(13-22)21-18(5)11-15(2)12-19(21)6;6-1-2(7)11-5(10-1)12-3(8)4(9)13-5/h7-13H,1-6H3;/q+1;-1. The molecular weight excluding hydrogens is 467 g/mol. The van der Waals surface area contributed by atoms with Gasteiger partial charge in [0.1, 0.15) is 23.8 Å². The van der Waals surface area contributed by atoms with Gasteiger partial charge < -0.3 is 18.6 Å². The zero-order valence-corrected chi connectivity index (χ0v) is 20.8. The van der Waals surface area contributed by atoms with E-state index < -0.39 is 30.8 Å². The minimum Gasteiger partial charge on any atom is -0.576 e. The molecule has 2 fully saturated rings. The first-order valence-corrected chi connectivity index (χ1v) is 11.2. The summed E-state index contributed by atoms with van der Waals surface area (Å²) in [6, 6.07) is 8.98. The Balaban J connectivity index is 0.000000197. The van der Waals surface area contributed by atoms with E-state index in [0.29, 0.717) is 0 Å². The summed E-state index contributed by atoms with van der Waals surface area (Å²) in [5, 5.41) is 0. The zero-order valence-electron chi connectivity index (χ0n) is 20.8. The molecule has 1 spiro atoms. The fourth-order valence-corrected chi connectivity index (χ4v) is 4.64. The van der Waals surface area contributed by atoms with E-state index in [-0.39, 0.29) is 0 Å². The van der Waals surface area contributed by atoms with Gasteiger partial charge in [-0.3, -0.25) is 0 Å². The molecule has 0 N–H and O–H groups in total. The molecule has 0 bridgehead atoms. The van der Waals surface area contributed by atoms with Crippen LogP contribution in [0.2, 0.25) is 0 Å². The van der Waals surface area contributed by atoms with Crippen LogP contribution >= 0.6 is 0 Å².